The maximum Gasteiger partial charge on any atom is 0.0894 e. The predicted molar refractivity (Wildman–Crippen MR) is 100 cm³/mol. The zero-order chi connectivity index (χ0) is 15.7. The molecular formula is C14H33NSi4. The van der Waals surface area contributed by atoms with E-state index in [0.717, 1.165) is 0 Å². The van der Waals surface area contributed by atoms with Crippen molar-refractivity contribution in [3.8, 4) is 6.07 Å². The van der Waals surface area contributed by atoms with Gasteiger partial charge in [0.15, 0.2) is 0 Å². The summed E-state index contributed by atoms with van der Waals surface area (Å²) in [5, 5.41) is 10.8. The van der Waals surface area contributed by atoms with Crippen molar-refractivity contribution in [3.05, 3.63) is 11.3 Å². The van der Waals surface area contributed by atoms with Gasteiger partial charge in [-0.1, -0.05) is 71.5 Å². The Morgan fingerprint density at radius 3 is 1.53 bits per heavy atom. The van der Waals surface area contributed by atoms with Gasteiger partial charge in [-0.25, -0.2) is 0 Å². The van der Waals surface area contributed by atoms with Gasteiger partial charge in [0, 0.05) is 28.0 Å². The molecule has 0 fully saturated rings. The van der Waals surface area contributed by atoms with Gasteiger partial charge in [-0.2, -0.15) is 5.26 Å². The van der Waals surface area contributed by atoms with Crippen LogP contribution in [0.25, 0.3) is 0 Å². The minimum absolute atomic E-state index is 1.06. The fourth-order valence-electron chi connectivity index (χ4n) is 1.51. The average molecular weight is 328 g/mol. The number of nitriles is 1. The lowest BCUT2D eigenvalue weighted by Gasteiger charge is -2.37. The fraction of sp³-hybridized carbons (Fsp3) is 0.786. The molecule has 0 rings (SSSR count). The second kappa shape index (κ2) is 5.84. The molecule has 110 valence electrons. The molecule has 0 aromatic heterocycles. The van der Waals surface area contributed by atoms with Gasteiger partial charge in [0.1, 0.15) is 0 Å². The normalized spacial score (nSPS) is 15.3. The molecule has 0 amide bonds. The van der Waals surface area contributed by atoms with E-state index >= 15 is 0 Å². The van der Waals surface area contributed by atoms with E-state index < -0.39 is 30.4 Å². The van der Waals surface area contributed by atoms with Crippen molar-refractivity contribution in [2.24, 2.45) is 0 Å². The van der Waals surface area contributed by atoms with Crippen LogP contribution >= 0.6 is 0 Å². The summed E-state index contributed by atoms with van der Waals surface area (Å²) >= 11 is 0. The second-order valence-corrected chi connectivity index (χ2v) is 42.7. The van der Waals surface area contributed by atoms with Crippen molar-refractivity contribution in [3.63, 3.8) is 0 Å². The minimum atomic E-state index is -1.52. The average Bonchev–Trinajstić information content (AvgIpc) is 2.14. The van der Waals surface area contributed by atoms with Crippen LogP contribution in [-0.4, -0.2) is 30.4 Å². The van der Waals surface area contributed by atoms with Gasteiger partial charge in [0.05, 0.1) is 13.7 Å². The lowest BCUT2D eigenvalue weighted by molar-refractivity contribution is 1.47. The highest BCUT2D eigenvalue weighted by atomic mass is 29.3. The zero-order valence-electron chi connectivity index (χ0n) is 14.7. The Morgan fingerprint density at radius 1 is 0.842 bits per heavy atom. The molecule has 0 heterocycles. The number of nitrogens with zero attached hydrogens (tertiary/aromatic N) is 1. The highest BCUT2D eigenvalue weighted by Crippen LogP contribution is 2.29. The van der Waals surface area contributed by atoms with Crippen LogP contribution in [0, 0.1) is 11.3 Å². The molecule has 0 radical (unpaired) electrons. The Hall–Kier alpha value is 0.0975. The number of allylic oxidation sites excluding steroid dienone is 2. The molecule has 0 N–H and O–H groups in total. The molecule has 0 spiro atoms. The van der Waals surface area contributed by atoms with Gasteiger partial charge in [-0.15, -0.1) is 0 Å². The van der Waals surface area contributed by atoms with E-state index in [2.05, 4.69) is 77.6 Å². The van der Waals surface area contributed by atoms with Gasteiger partial charge in [-0.05, 0) is 6.04 Å². The molecule has 0 saturated carbocycles. The molecule has 5 heteroatoms. The number of rotatable bonds is 5. The summed E-state index contributed by atoms with van der Waals surface area (Å²) in [7, 11) is -4.98. The lowest BCUT2D eigenvalue weighted by atomic mass is 10.5. The van der Waals surface area contributed by atoms with Crippen molar-refractivity contribution in [2.75, 3.05) is 0 Å². The molecule has 0 aliphatic heterocycles. The van der Waals surface area contributed by atoms with Crippen LogP contribution in [0.1, 0.15) is 0 Å². The van der Waals surface area contributed by atoms with Crippen molar-refractivity contribution in [1.82, 2.24) is 0 Å². The SMILES string of the molecule is C[Si](C)(C)[Si](C)(C)CC=C(C#N)[Si](C)(C)[Si](C)(C)C. The molecule has 0 aliphatic rings. The zero-order valence-corrected chi connectivity index (χ0v) is 18.7. The van der Waals surface area contributed by atoms with Crippen molar-refractivity contribution < 1.29 is 0 Å². The van der Waals surface area contributed by atoms with Crippen LogP contribution in [-0.2, 0) is 0 Å². The Kier molecular flexibility index (Phi) is 5.87. The molecule has 0 aromatic rings. The molecule has 0 aliphatic carbocycles. The van der Waals surface area contributed by atoms with Crippen molar-refractivity contribution >= 4 is 30.4 Å². The van der Waals surface area contributed by atoms with Gasteiger partial charge in [0.2, 0.25) is 0 Å². The van der Waals surface area contributed by atoms with E-state index in [4.69, 9.17) is 0 Å². The predicted octanol–water partition coefficient (Wildman–Crippen LogP) is 5.23. The first-order valence-corrected chi connectivity index (χ1v) is 22.5. The number of hydrogen-bond acceptors (Lipinski definition) is 1. The minimum Gasteiger partial charge on any atom is -0.193 e. The largest absolute Gasteiger partial charge is 0.193 e. The van der Waals surface area contributed by atoms with E-state index in [1.165, 1.54) is 11.2 Å². The summed E-state index contributed by atoms with van der Waals surface area (Å²) in [6.07, 6.45) is 2.36. The topological polar surface area (TPSA) is 23.8 Å². The second-order valence-electron chi connectivity index (χ2n) is 8.94. The van der Waals surface area contributed by atoms with Gasteiger partial charge in [-0.3, -0.25) is 0 Å². The third kappa shape index (κ3) is 4.55. The van der Waals surface area contributed by atoms with E-state index in [0.29, 0.717) is 0 Å². The van der Waals surface area contributed by atoms with Crippen molar-refractivity contribution in [1.29, 1.82) is 5.26 Å². The van der Waals surface area contributed by atoms with E-state index in [-0.39, 0.29) is 0 Å². The van der Waals surface area contributed by atoms with Crippen LogP contribution in [0.2, 0.25) is 71.5 Å². The summed E-state index contributed by atoms with van der Waals surface area (Å²) in [5.74, 6) is 0. The Labute approximate surface area is 124 Å². The van der Waals surface area contributed by atoms with E-state index in [9.17, 15) is 5.26 Å². The lowest BCUT2D eigenvalue weighted by Crippen LogP contribution is -2.54. The Morgan fingerprint density at radius 2 is 1.26 bits per heavy atom. The molecule has 19 heavy (non-hydrogen) atoms. The van der Waals surface area contributed by atoms with Gasteiger partial charge < -0.3 is 0 Å². The first-order valence-electron chi connectivity index (χ1n) is 7.27. The van der Waals surface area contributed by atoms with Crippen LogP contribution in [0.5, 0.6) is 0 Å². The van der Waals surface area contributed by atoms with Crippen LogP contribution in [0.15, 0.2) is 11.3 Å². The quantitative estimate of drug-likeness (QED) is 0.501. The standard InChI is InChI=1S/C14H33NSi4/c1-16(2,3)18(7,8)12-11-14(13-15)19(9,10)17(4,5)6/h11H,12H2,1-10H3. The maximum absolute atomic E-state index is 9.59. The summed E-state index contributed by atoms with van der Waals surface area (Å²) < 4.78 is 0. The maximum atomic E-state index is 9.59. The summed E-state index contributed by atoms with van der Waals surface area (Å²) in [4.78, 5) is 0. The molecule has 1 nitrogen and oxygen atoms in total. The van der Waals surface area contributed by atoms with Crippen LogP contribution in [0.3, 0.4) is 0 Å². The first-order chi connectivity index (χ1) is 8.17. The van der Waals surface area contributed by atoms with Crippen LogP contribution < -0.4 is 0 Å². The summed E-state index contributed by atoms with van der Waals surface area (Å²) in [6.45, 7) is 24.5. The Balaban J connectivity index is 5.34. The molecule has 0 aromatic carbocycles. The van der Waals surface area contributed by atoms with E-state index in [1.54, 1.807) is 0 Å². The van der Waals surface area contributed by atoms with Gasteiger partial charge >= 0.3 is 0 Å². The monoisotopic (exact) mass is 327 g/mol. The molecule has 0 saturated heterocycles. The third-order valence-corrected chi connectivity index (χ3v) is 41.1. The van der Waals surface area contributed by atoms with Crippen molar-refractivity contribution in [2.45, 2.75) is 71.5 Å². The Bertz CT molecular complexity index is 389. The molecular weight excluding hydrogens is 295 g/mol. The third-order valence-electron chi connectivity index (χ3n) is 5.52. The molecule has 0 atom stereocenters. The summed E-state index contributed by atoms with van der Waals surface area (Å²) in [5.41, 5.74) is 0. The van der Waals surface area contributed by atoms with E-state index in [1.807, 2.05) is 0 Å². The highest BCUT2D eigenvalue weighted by molar-refractivity contribution is 7.43. The highest BCUT2D eigenvalue weighted by Gasteiger charge is 2.41. The molecule has 0 bridgehead atoms. The summed E-state index contributed by atoms with van der Waals surface area (Å²) in [6, 6.07) is 3.77. The molecule has 0 unspecified atom stereocenters. The van der Waals surface area contributed by atoms with Crippen LogP contribution in [0.4, 0.5) is 0 Å². The van der Waals surface area contributed by atoms with Gasteiger partial charge in [0.25, 0.3) is 0 Å². The fourth-order valence-corrected chi connectivity index (χ4v) is 9.78. The first kappa shape index (κ1) is 19.1. The number of hydrogen-bond donors (Lipinski definition) is 0. The smallest absolute Gasteiger partial charge is 0.0894 e.